The lowest BCUT2D eigenvalue weighted by Crippen LogP contribution is -2.51. The van der Waals surface area contributed by atoms with E-state index in [1.165, 1.54) is 12.7 Å². The predicted octanol–water partition coefficient (Wildman–Crippen LogP) is 2.27. The largest absolute Gasteiger partial charge is 0.466 e. The molecule has 0 unspecified atom stereocenters. The molecule has 0 bridgehead atoms. The third kappa shape index (κ3) is 1.96. The Balaban J connectivity index is 1.74. The summed E-state index contributed by atoms with van der Waals surface area (Å²) in [6, 6.07) is 8.79. The van der Waals surface area contributed by atoms with Crippen molar-refractivity contribution in [3.8, 4) is 0 Å². The summed E-state index contributed by atoms with van der Waals surface area (Å²) < 4.78 is 5.15. The third-order valence-electron chi connectivity index (χ3n) is 7.18. The van der Waals surface area contributed by atoms with Gasteiger partial charge in [0.05, 0.1) is 24.2 Å². The van der Waals surface area contributed by atoms with Crippen molar-refractivity contribution in [2.75, 3.05) is 25.5 Å². The van der Waals surface area contributed by atoms with E-state index in [0.717, 1.165) is 42.9 Å². The molecule has 138 valence electrons. The van der Waals surface area contributed by atoms with Gasteiger partial charge in [0.15, 0.2) is 0 Å². The van der Waals surface area contributed by atoms with Gasteiger partial charge in [-0.05, 0) is 49.3 Å². The lowest BCUT2D eigenvalue weighted by Gasteiger charge is -2.45. The highest BCUT2D eigenvalue weighted by molar-refractivity contribution is 5.93. The van der Waals surface area contributed by atoms with Crippen LogP contribution in [0, 0.1) is 11.8 Å². The van der Waals surface area contributed by atoms with E-state index < -0.39 is 0 Å². The highest BCUT2D eigenvalue weighted by Gasteiger charge is 2.61. The average molecular weight is 354 g/mol. The number of methoxy groups -OCH3 is 1. The zero-order valence-electron chi connectivity index (χ0n) is 15.4. The fourth-order valence-electron chi connectivity index (χ4n) is 6.13. The number of nitrogens with one attached hydrogen (secondary N) is 1. The van der Waals surface area contributed by atoms with E-state index in [2.05, 4.69) is 35.3 Å². The summed E-state index contributed by atoms with van der Waals surface area (Å²) in [5.41, 5.74) is 4.07. The number of carbonyl (C=O) groups is 1. The maximum Gasteiger partial charge on any atom is 0.335 e. The third-order valence-corrected chi connectivity index (χ3v) is 7.18. The molecule has 2 N–H and O–H groups in total. The van der Waals surface area contributed by atoms with Crippen LogP contribution in [0.5, 0.6) is 0 Å². The number of esters is 1. The number of anilines is 1. The Morgan fingerprint density at radius 3 is 3.00 bits per heavy atom. The van der Waals surface area contributed by atoms with Crippen LogP contribution in [0.1, 0.15) is 31.7 Å². The minimum atomic E-state index is -0.312. The Bertz CT molecular complexity index is 804. The number of nitrogens with zero attached hydrogens (tertiary/aromatic N) is 1. The SMILES string of the molecule is COC(=O)C1=C2Nc3ccccc3[C@]23CCN2C[C@@H](C)[C@@H](O)C[C@H](C1)[C@@H]23. The first kappa shape index (κ1) is 16.3. The van der Waals surface area contributed by atoms with E-state index in [1.54, 1.807) is 0 Å². The zero-order valence-corrected chi connectivity index (χ0v) is 15.4. The van der Waals surface area contributed by atoms with Crippen molar-refractivity contribution >= 4 is 11.7 Å². The summed E-state index contributed by atoms with van der Waals surface area (Å²) >= 11 is 0. The van der Waals surface area contributed by atoms with E-state index >= 15 is 0 Å². The fraction of sp³-hybridized carbons (Fsp3) is 0.571. The molecule has 0 saturated carbocycles. The molecule has 0 radical (unpaired) electrons. The van der Waals surface area contributed by atoms with Crippen molar-refractivity contribution in [1.29, 1.82) is 0 Å². The molecule has 1 spiro atoms. The van der Waals surface area contributed by atoms with Gasteiger partial charge in [0.1, 0.15) is 0 Å². The molecule has 5 atom stereocenters. The zero-order chi connectivity index (χ0) is 18.1. The minimum absolute atomic E-state index is 0.174. The maximum atomic E-state index is 12.6. The van der Waals surface area contributed by atoms with Gasteiger partial charge in [0.2, 0.25) is 0 Å². The molecular weight excluding hydrogens is 328 g/mol. The molecule has 0 aromatic heterocycles. The molecule has 2 fully saturated rings. The summed E-state index contributed by atoms with van der Waals surface area (Å²) in [5.74, 6) is 0.289. The number of hydrogen-bond donors (Lipinski definition) is 2. The first-order chi connectivity index (χ1) is 12.6. The van der Waals surface area contributed by atoms with Crippen LogP contribution in [0.4, 0.5) is 5.69 Å². The summed E-state index contributed by atoms with van der Waals surface area (Å²) in [5, 5.41) is 14.3. The number of carbonyl (C=O) groups excluding carboxylic acids is 1. The van der Waals surface area contributed by atoms with Crippen LogP contribution in [0.15, 0.2) is 35.5 Å². The molecule has 0 amide bonds. The molecule has 3 heterocycles. The molecule has 2 saturated heterocycles. The Morgan fingerprint density at radius 1 is 1.38 bits per heavy atom. The van der Waals surface area contributed by atoms with Gasteiger partial charge in [-0.25, -0.2) is 4.79 Å². The van der Waals surface area contributed by atoms with Crippen LogP contribution in [0.2, 0.25) is 0 Å². The first-order valence-electron chi connectivity index (χ1n) is 9.67. The molecule has 5 rings (SSSR count). The highest BCUT2D eigenvalue weighted by Crippen LogP contribution is 2.60. The standard InChI is InChI=1S/C21H26N2O3/c1-12-11-23-8-7-21-15-5-3-4-6-16(15)22-18(21)14(20(25)26-2)9-13(19(21)23)10-17(12)24/h3-6,12-13,17,19,22,24H,7-11H2,1-2H3/t12-,13+,17+,19-,21-/m1/s1. The first-order valence-corrected chi connectivity index (χ1v) is 9.67. The van der Waals surface area contributed by atoms with Gasteiger partial charge in [-0.2, -0.15) is 0 Å². The summed E-state index contributed by atoms with van der Waals surface area (Å²) in [6.07, 6.45) is 2.12. The van der Waals surface area contributed by atoms with Gasteiger partial charge in [-0.1, -0.05) is 25.1 Å². The number of aliphatic hydroxyl groups is 1. The molecule has 3 aliphatic heterocycles. The number of para-hydroxylation sites is 1. The van der Waals surface area contributed by atoms with Gasteiger partial charge in [-0.3, -0.25) is 4.90 Å². The number of rotatable bonds is 1. The molecule has 5 nitrogen and oxygen atoms in total. The number of ether oxygens (including phenoxy) is 1. The molecule has 1 aromatic carbocycles. The Hall–Kier alpha value is -1.85. The van der Waals surface area contributed by atoms with E-state index in [1.807, 2.05) is 6.07 Å². The van der Waals surface area contributed by atoms with Crippen molar-refractivity contribution < 1.29 is 14.6 Å². The van der Waals surface area contributed by atoms with E-state index in [-0.39, 0.29) is 29.3 Å². The average Bonchev–Trinajstić information content (AvgIpc) is 3.15. The van der Waals surface area contributed by atoms with Crippen molar-refractivity contribution in [1.82, 2.24) is 4.90 Å². The van der Waals surface area contributed by atoms with Crippen LogP contribution >= 0.6 is 0 Å². The molecule has 26 heavy (non-hydrogen) atoms. The van der Waals surface area contributed by atoms with E-state index in [4.69, 9.17) is 4.74 Å². The van der Waals surface area contributed by atoms with Crippen molar-refractivity contribution in [2.24, 2.45) is 11.8 Å². The molecule has 4 aliphatic rings. The smallest absolute Gasteiger partial charge is 0.335 e. The number of aliphatic hydroxyl groups excluding tert-OH is 1. The molecule has 5 heteroatoms. The topological polar surface area (TPSA) is 61.8 Å². The van der Waals surface area contributed by atoms with Crippen LogP contribution in [-0.2, 0) is 14.9 Å². The second-order valence-corrected chi connectivity index (χ2v) is 8.42. The fourth-order valence-corrected chi connectivity index (χ4v) is 6.13. The molecular formula is C21H26N2O3. The van der Waals surface area contributed by atoms with Crippen LogP contribution in [-0.4, -0.2) is 48.3 Å². The van der Waals surface area contributed by atoms with Crippen LogP contribution in [0.25, 0.3) is 0 Å². The Morgan fingerprint density at radius 2 is 2.19 bits per heavy atom. The van der Waals surface area contributed by atoms with Gasteiger partial charge < -0.3 is 15.2 Å². The van der Waals surface area contributed by atoms with Crippen molar-refractivity contribution in [3.63, 3.8) is 0 Å². The highest BCUT2D eigenvalue weighted by atomic mass is 16.5. The predicted molar refractivity (Wildman–Crippen MR) is 98.7 cm³/mol. The van der Waals surface area contributed by atoms with Crippen LogP contribution in [0.3, 0.4) is 0 Å². The number of hydrogen-bond acceptors (Lipinski definition) is 5. The van der Waals surface area contributed by atoms with Crippen LogP contribution < -0.4 is 5.32 Å². The lowest BCUT2D eigenvalue weighted by molar-refractivity contribution is -0.136. The van der Waals surface area contributed by atoms with Gasteiger partial charge in [0.25, 0.3) is 0 Å². The van der Waals surface area contributed by atoms with Gasteiger partial charge in [-0.15, -0.1) is 0 Å². The Labute approximate surface area is 154 Å². The monoisotopic (exact) mass is 354 g/mol. The maximum absolute atomic E-state index is 12.6. The van der Waals surface area contributed by atoms with E-state index in [9.17, 15) is 9.90 Å². The minimum Gasteiger partial charge on any atom is -0.466 e. The normalized spacial score (nSPS) is 38.1. The van der Waals surface area contributed by atoms with Crippen molar-refractivity contribution in [2.45, 2.75) is 43.7 Å². The second-order valence-electron chi connectivity index (χ2n) is 8.42. The Kier molecular flexibility index (Phi) is 3.50. The summed E-state index contributed by atoms with van der Waals surface area (Å²) in [7, 11) is 1.46. The number of benzene rings is 1. The second kappa shape index (κ2) is 5.57. The van der Waals surface area contributed by atoms with Crippen molar-refractivity contribution in [3.05, 3.63) is 41.1 Å². The summed E-state index contributed by atoms with van der Waals surface area (Å²) in [4.78, 5) is 15.2. The quantitative estimate of drug-likeness (QED) is 0.758. The lowest BCUT2D eigenvalue weighted by atomic mass is 9.62. The summed E-state index contributed by atoms with van der Waals surface area (Å²) in [6.45, 7) is 4.07. The van der Waals surface area contributed by atoms with Gasteiger partial charge in [0, 0.05) is 24.0 Å². The van der Waals surface area contributed by atoms with E-state index in [0.29, 0.717) is 12.5 Å². The molecule has 1 aliphatic carbocycles. The molecule has 1 aromatic rings. The number of fused-ring (bicyclic) bond motifs is 1. The van der Waals surface area contributed by atoms with Gasteiger partial charge >= 0.3 is 5.97 Å².